The van der Waals surface area contributed by atoms with Crippen LogP contribution in [0, 0.1) is 11.3 Å². The van der Waals surface area contributed by atoms with Crippen LogP contribution in [0.5, 0.6) is 0 Å². The average molecular weight is 549 g/mol. The fourth-order valence-corrected chi connectivity index (χ4v) is 5.13. The van der Waals surface area contributed by atoms with Crippen LogP contribution >= 0.6 is 11.8 Å². The van der Waals surface area contributed by atoms with Crippen molar-refractivity contribution < 1.29 is 4.74 Å². The second-order valence-corrected chi connectivity index (χ2v) is 10.2. The van der Waals surface area contributed by atoms with Gasteiger partial charge < -0.3 is 19.9 Å². The molecule has 210 valence electrons. The zero-order valence-electron chi connectivity index (χ0n) is 24.4. The molecule has 1 N–H and O–H groups in total. The van der Waals surface area contributed by atoms with Crippen LogP contribution in [-0.2, 0) is 4.74 Å². The molecule has 2 aromatic rings. The monoisotopic (exact) mass is 548 g/mol. The fourth-order valence-electron chi connectivity index (χ4n) is 3.98. The van der Waals surface area contributed by atoms with Crippen LogP contribution < -0.4 is 10.2 Å². The van der Waals surface area contributed by atoms with Gasteiger partial charge in [0.25, 0.3) is 0 Å². The number of para-hydroxylation sites is 3. The standard InChI is InChI=1S/C17H28N4O.C12H13NS.C2H3N/c1-4-18-16-7-5-6-8-17(16)19-15(2)20(3)9-10-21-11-13-22-14-12-21;1-4-9(2)12-13(3)10-7-5-6-8-11(10)14-12;1-2-3/h5-8,18H,4,9-14H2,1-3H3;4-8H,1H2,2-3H3;1H3/b;12-9+;. The van der Waals surface area contributed by atoms with Gasteiger partial charge in [-0.1, -0.05) is 48.7 Å². The number of morpholine rings is 1. The average Bonchev–Trinajstić information content (AvgIpc) is 3.30. The van der Waals surface area contributed by atoms with Crippen LogP contribution in [0.3, 0.4) is 0 Å². The molecule has 0 amide bonds. The molecule has 4 rings (SSSR count). The Bertz CT molecular complexity index is 1150. The summed E-state index contributed by atoms with van der Waals surface area (Å²) in [5, 5.41) is 12.0. The minimum atomic E-state index is 0.854. The Balaban J connectivity index is 0.000000268. The van der Waals surface area contributed by atoms with E-state index in [1.54, 1.807) is 6.07 Å². The van der Waals surface area contributed by atoms with Crippen molar-refractivity contribution in [2.45, 2.75) is 32.6 Å². The van der Waals surface area contributed by atoms with Crippen LogP contribution in [0.15, 0.2) is 81.7 Å². The zero-order chi connectivity index (χ0) is 28.6. The molecule has 39 heavy (non-hydrogen) atoms. The van der Waals surface area contributed by atoms with Crippen molar-refractivity contribution in [2.24, 2.45) is 4.99 Å². The van der Waals surface area contributed by atoms with Gasteiger partial charge in [-0.15, -0.1) is 0 Å². The van der Waals surface area contributed by atoms with Crippen molar-refractivity contribution in [3.05, 3.63) is 71.8 Å². The van der Waals surface area contributed by atoms with Crippen LogP contribution in [0.4, 0.5) is 17.1 Å². The number of amidine groups is 1. The number of likely N-dealkylation sites (N-methyl/N-ethyl adjacent to an activating group) is 1. The maximum Gasteiger partial charge on any atom is 0.102 e. The summed E-state index contributed by atoms with van der Waals surface area (Å²) in [6.45, 7) is 18.2. The highest BCUT2D eigenvalue weighted by atomic mass is 32.2. The molecule has 0 bridgehead atoms. The summed E-state index contributed by atoms with van der Waals surface area (Å²) in [6, 6.07) is 18.4. The number of ether oxygens (including phenoxy) is 1. The lowest BCUT2D eigenvalue weighted by molar-refractivity contribution is 0.0365. The predicted molar refractivity (Wildman–Crippen MR) is 168 cm³/mol. The first-order valence-corrected chi connectivity index (χ1v) is 14.2. The van der Waals surface area contributed by atoms with Gasteiger partial charge in [0.15, 0.2) is 0 Å². The summed E-state index contributed by atoms with van der Waals surface area (Å²) in [6.07, 6.45) is 1.91. The van der Waals surface area contributed by atoms with Crippen molar-refractivity contribution in [1.82, 2.24) is 9.80 Å². The summed E-state index contributed by atoms with van der Waals surface area (Å²) in [5.41, 5.74) is 4.61. The first kappa shape index (κ1) is 32.0. The summed E-state index contributed by atoms with van der Waals surface area (Å²) in [4.78, 5) is 13.0. The van der Waals surface area contributed by atoms with Crippen molar-refractivity contribution in [1.29, 1.82) is 5.26 Å². The van der Waals surface area contributed by atoms with Crippen molar-refractivity contribution in [2.75, 3.05) is 70.2 Å². The molecule has 0 atom stereocenters. The van der Waals surface area contributed by atoms with E-state index < -0.39 is 0 Å². The molecule has 0 spiro atoms. The number of nitrogens with zero attached hydrogens (tertiary/aromatic N) is 5. The van der Waals surface area contributed by atoms with Gasteiger partial charge in [0.1, 0.15) is 5.84 Å². The largest absolute Gasteiger partial charge is 0.384 e. The van der Waals surface area contributed by atoms with E-state index in [0.717, 1.165) is 63.1 Å². The molecule has 1 fully saturated rings. The summed E-state index contributed by atoms with van der Waals surface area (Å²) >= 11 is 1.81. The number of allylic oxidation sites excluding steroid dienone is 2. The summed E-state index contributed by atoms with van der Waals surface area (Å²) in [5.74, 6) is 1.04. The minimum Gasteiger partial charge on any atom is -0.384 e. The molecule has 2 aliphatic rings. The summed E-state index contributed by atoms with van der Waals surface area (Å²) in [7, 11) is 4.20. The number of thioether (sulfide) groups is 1. The molecule has 2 heterocycles. The summed E-state index contributed by atoms with van der Waals surface area (Å²) < 4.78 is 5.38. The van der Waals surface area contributed by atoms with E-state index in [4.69, 9.17) is 15.0 Å². The first-order chi connectivity index (χ1) is 18.9. The number of benzene rings is 2. The van der Waals surface area contributed by atoms with Gasteiger partial charge in [-0.2, -0.15) is 5.26 Å². The molecule has 2 aromatic carbocycles. The van der Waals surface area contributed by atoms with Crippen LogP contribution in [-0.4, -0.2) is 75.7 Å². The molecule has 2 aliphatic heterocycles. The number of aliphatic imine (C=N–C) groups is 1. The second-order valence-electron chi connectivity index (χ2n) is 9.13. The van der Waals surface area contributed by atoms with Crippen LogP contribution in [0.1, 0.15) is 27.7 Å². The second kappa shape index (κ2) is 17.4. The third-order valence-electron chi connectivity index (χ3n) is 6.34. The maximum atomic E-state index is 7.32. The van der Waals surface area contributed by atoms with E-state index in [2.05, 4.69) is 97.9 Å². The highest BCUT2D eigenvalue weighted by Crippen LogP contribution is 2.45. The number of nitrogens with one attached hydrogen (secondary N) is 1. The van der Waals surface area contributed by atoms with E-state index in [1.807, 2.05) is 30.0 Å². The SMILES string of the molecule is C=C/C(C)=C1/Sc2ccccc2N1C.CC#N.CCNc1ccccc1N=C(C)N(C)CCN1CCOCC1. The highest BCUT2D eigenvalue weighted by molar-refractivity contribution is 8.03. The Morgan fingerprint density at radius 3 is 2.46 bits per heavy atom. The van der Waals surface area contributed by atoms with Crippen LogP contribution in [0.25, 0.3) is 0 Å². The molecular weight excluding hydrogens is 504 g/mol. The first-order valence-electron chi connectivity index (χ1n) is 13.4. The van der Waals surface area contributed by atoms with Gasteiger partial charge in [0.2, 0.25) is 0 Å². The number of hydrogen-bond donors (Lipinski definition) is 1. The lowest BCUT2D eigenvalue weighted by atomic mass is 10.2. The van der Waals surface area contributed by atoms with Gasteiger partial charge in [0, 0.05) is 58.6 Å². The zero-order valence-corrected chi connectivity index (χ0v) is 25.2. The predicted octanol–water partition coefficient (Wildman–Crippen LogP) is 6.61. The van der Waals surface area contributed by atoms with Crippen molar-refractivity contribution >= 4 is 34.7 Å². The van der Waals surface area contributed by atoms with Crippen molar-refractivity contribution in [3.8, 4) is 6.07 Å². The van der Waals surface area contributed by atoms with Gasteiger partial charge in [-0.3, -0.25) is 4.90 Å². The van der Waals surface area contributed by atoms with E-state index >= 15 is 0 Å². The Morgan fingerprint density at radius 1 is 1.18 bits per heavy atom. The van der Waals surface area contributed by atoms with Crippen molar-refractivity contribution in [3.63, 3.8) is 0 Å². The smallest absolute Gasteiger partial charge is 0.102 e. The quantitative estimate of drug-likeness (QED) is 0.308. The Morgan fingerprint density at radius 2 is 1.82 bits per heavy atom. The fraction of sp³-hybridized carbons (Fsp3) is 0.419. The maximum absolute atomic E-state index is 7.32. The molecule has 0 aromatic heterocycles. The number of hydrogen-bond acceptors (Lipinski definition) is 7. The Hall–Kier alpha value is -3.25. The third kappa shape index (κ3) is 10.1. The topological polar surface area (TPSA) is 67.1 Å². The van der Waals surface area contributed by atoms with E-state index in [0.29, 0.717) is 0 Å². The lowest BCUT2D eigenvalue weighted by Crippen LogP contribution is -2.41. The molecule has 8 heteroatoms. The minimum absolute atomic E-state index is 0.854. The van der Waals surface area contributed by atoms with Crippen LogP contribution in [0.2, 0.25) is 0 Å². The van der Waals surface area contributed by atoms with Gasteiger partial charge in [-0.25, -0.2) is 4.99 Å². The Labute approximate surface area is 239 Å². The molecule has 0 radical (unpaired) electrons. The van der Waals surface area contributed by atoms with Gasteiger partial charge in [-0.05, 0) is 50.6 Å². The number of rotatable bonds is 7. The molecular formula is C31H44N6OS. The molecule has 0 unspecified atom stereocenters. The molecule has 0 saturated carbocycles. The Kier molecular flexibility index (Phi) is 14.2. The van der Waals surface area contributed by atoms with E-state index in [1.165, 1.54) is 28.1 Å². The van der Waals surface area contributed by atoms with E-state index in [-0.39, 0.29) is 0 Å². The number of fused-ring (bicyclic) bond motifs is 1. The lowest BCUT2D eigenvalue weighted by Gasteiger charge is -2.29. The molecule has 7 nitrogen and oxygen atoms in total. The highest BCUT2D eigenvalue weighted by Gasteiger charge is 2.22. The molecule has 0 aliphatic carbocycles. The normalized spacial score (nSPS) is 16.0. The number of anilines is 2. The molecule has 1 saturated heterocycles. The van der Waals surface area contributed by atoms with E-state index in [9.17, 15) is 0 Å². The third-order valence-corrected chi connectivity index (χ3v) is 7.70. The van der Waals surface area contributed by atoms with Gasteiger partial charge >= 0.3 is 0 Å². The number of nitriles is 1. The van der Waals surface area contributed by atoms with Gasteiger partial charge in [0.05, 0.1) is 41.4 Å².